The molecule has 0 heterocycles. The second-order valence-corrected chi connectivity index (χ2v) is 1.35. The summed E-state index contributed by atoms with van der Waals surface area (Å²) in [7, 11) is 0.750. The van der Waals surface area contributed by atoms with Gasteiger partial charge in [-0.25, -0.2) is 0 Å². The van der Waals surface area contributed by atoms with Crippen LogP contribution in [0.4, 0.5) is 0 Å². The van der Waals surface area contributed by atoms with Gasteiger partial charge in [0.2, 0.25) is 0 Å². The van der Waals surface area contributed by atoms with Gasteiger partial charge in [0, 0.05) is 0 Å². The van der Waals surface area contributed by atoms with E-state index in [1.54, 1.807) is 0 Å². The minimum atomic E-state index is 0.375. The molecule has 0 rings (SSSR count). The zero-order chi connectivity index (χ0) is 7.54. The van der Waals surface area contributed by atoms with E-state index in [1.165, 1.54) is 12.8 Å². The highest BCUT2D eigenvalue weighted by atomic mass is 16.5. The number of hydrogen-bond donors (Lipinski definition) is 2. The van der Waals surface area contributed by atoms with E-state index in [0.717, 1.165) is 0 Å². The summed E-state index contributed by atoms with van der Waals surface area (Å²) in [6.07, 6.45) is 2.64. The first kappa shape index (κ1) is 11.8. The summed E-state index contributed by atoms with van der Waals surface area (Å²) in [5, 5.41) is 15.1. The van der Waals surface area contributed by atoms with Gasteiger partial charge in [-0.05, 0) is 0 Å². The molecule has 0 fully saturated rings. The van der Waals surface area contributed by atoms with Crippen LogP contribution in [0.15, 0.2) is 0 Å². The molecule has 0 saturated carbocycles. The van der Waals surface area contributed by atoms with E-state index in [2.05, 4.69) is 18.4 Å². The lowest BCUT2D eigenvalue weighted by Crippen LogP contribution is -2.00. The maximum atomic E-state index is 7.53. The second-order valence-electron chi connectivity index (χ2n) is 1.35. The van der Waals surface area contributed by atoms with Crippen molar-refractivity contribution in [2.45, 2.75) is 26.7 Å². The summed E-state index contributed by atoms with van der Waals surface area (Å²) in [6.45, 7) is 4.36. The maximum Gasteiger partial charge on any atom is 0.469 e. The van der Waals surface area contributed by atoms with Crippen LogP contribution in [0.2, 0.25) is 0 Å². The number of rotatable bonds is 3. The molecule has 52 valence electrons. The molecule has 0 aromatic heterocycles. The van der Waals surface area contributed by atoms with Gasteiger partial charge >= 0.3 is 15.4 Å². The summed E-state index contributed by atoms with van der Waals surface area (Å²) in [6, 6.07) is 0. The molecular formula is C4H12B2O3. The first-order valence-corrected chi connectivity index (χ1v) is 2.90. The Morgan fingerprint density at radius 2 is 1.44 bits per heavy atom. The molecule has 0 unspecified atom stereocenters. The fraction of sp³-hybridized carbons (Fsp3) is 1.00. The standard InChI is InChI=1S/C4H10.B2H2O3/c1-3-4-2;3-1-5-2-4/h3-4H2,1-2H3;3-4H. The normalized spacial score (nSPS) is 7.11. The van der Waals surface area contributed by atoms with Gasteiger partial charge in [0.05, 0.1) is 0 Å². The Morgan fingerprint density at radius 1 is 1.11 bits per heavy atom. The van der Waals surface area contributed by atoms with Crippen molar-refractivity contribution in [3.8, 4) is 0 Å². The largest absolute Gasteiger partial charge is 0.469 e. The lowest BCUT2D eigenvalue weighted by atomic mass is 10.3. The predicted molar refractivity (Wildman–Crippen MR) is 37.6 cm³/mol. The fourth-order valence-electron chi connectivity index (χ4n) is 0.0272. The van der Waals surface area contributed by atoms with E-state index in [0.29, 0.717) is 15.4 Å². The highest BCUT2D eigenvalue weighted by molar-refractivity contribution is 6.32. The molecule has 0 bridgehead atoms. The highest BCUT2D eigenvalue weighted by Gasteiger charge is 1.80. The van der Waals surface area contributed by atoms with Gasteiger partial charge in [-0.3, -0.25) is 0 Å². The van der Waals surface area contributed by atoms with E-state index < -0.39 is 0 Å². The van der Waals surface area contributed by atoms with Gasteiger partial charge in [0.15, 0.2) is 0 Å². The Kier molecular flexibility index (Phi) is 20.5. The van der Waals surface area contributed by atoms with Crippen molar-refractivity contribution < 1.29 is 14.6 Å². The molecule has 0 aromatic carbocycles. The third-order valence-electron chi connectivity index (χ3n) is 0.622. The van der Waals surface area contributed by atoms with Crippen LogP contribution < -0.4 is 0 Å². The molecule has 2 N–H and O–H groups in total. The average Bonchev–Trinajstić information content (AvgIpc) is 1.91. The van der Waals surface area contributed by atoms with E-state index in [-0.39, 0.29) is 0 Å². The molecule has 5 heteroatoms. The molecular weight excluding hydrogens is 118 g/mol. The summed E-state index contributed by atoms with van der Waals surface area (Å²) in [4.78, 5) is 0. The fourth-order valence-corrected chi connectivity index (χ4v) is 0.0272. The molecule has 0 aromatic rings. The molecule has 0 aliphatic heterocycles. The lowest BCUT2D eigenvalue weighted by Gasteiger charge is -1.78. The molecule has 3 nitrogen and oxygen atoms in total. The smallest absolute Gasteiger partial charge is 0.456 e. The Bertz CT molecular complexity index is 33.0. The lowest BCUT2D eigenvalue weighted by molar-refractivity contribution is 0.408. The van der Waals surface area contributed by atoms with Gasteiger partial charge in [-0.2, -0.15) is 0 Å². The van der Waals surface area contributed by atoms with Crippen molar-refractivity contribution in [1.29, 1.82) is 0 Å². The van der Waals surface area contributed by atoms with Crippen LogP contribution in [0.1, 0.15) is 26.7 Å². The van der Waals surface area contributed by atoms with Crippen LogP contribution in [-0.4, -0.2) is 25.4 Å². The Balaban J connectivity index is 0. The Hall–Kier alpha value is 0.00987. The minimum absolute atomic E-state index is 0.375. The predicted octanol–water partition coefficient (Wildman–Crippen LogP) is -0.138. The number of unbranched alkanes of at least 4 members (excludes halogenated alkanes) is 1. The van der Waals surface area contributed by atoms with Crippen LogP contribution in [0, 0.1) is 0 Å². The van der Waals surface area contributed by atoms with Crippen molar-refractivity contribution in [1.82, 2.24) is 0 Å². The second kappa shape index (κ2) is 15.7. The van der Waals surface area contributed by atoms with Crippen LogP contribution >= 0.6 is 0 Å². The van der Waals surface area contributed by atoms with Gasteiger partial charge in [-0.1, -0.05) is 26.7 Å². The highest BCUT2D eigenvalue weighted by Crippen LogP contribution is 1.76. The molecule has 9 heavy (non-hydrogen) atoms. The van der Waals surface area contributed by atoms with Crippen LogP contribution in [-0.2, 0) is 4.57 Å². The van der Waals surface area contributed by atoms with Crippen LogP contribution in [0.3, 0.4) is 0 Å². The van der Waals surface area contributed by atoms with Crippen LogP contribution in [0.25, 0.3) is 0 Å². The summed E-state index contributed by atoms with van der Waals surface area (Å²) >= 11 is 0. The zero-order valence-electron chi connectivity index (χ0n) is 5.87. The molecule has 0 amide bonds. The molecule has 0 aliphatic rings. The van der Waals surface area contributed by atoms with Gasteiger partial charge in [0.1, 0.15) is 0 Å². The SMILES string of the molecule is CCCC.O[B]O[B]O. The quantitative estimate of drug-likeness (QED) is 0.522. The van der Waals surface area contributed by atoms with Crippen LogP contribution in [0.5, 0.6) is 0 Å². The molecule has 0 atom stereocenters. The summed E-state index contributed by atoms with van der Waals surface area (Å²) < 4.78 is 3.69. The Labute approximate surface area is 57.7 Å². The number of hydrogen-bond acceptors (Lipinski definition) is 3. The minimum Gasteiger partial charge on any atom is -0.456 e. The molecule has 0 saturated heterocycles. The monoisotopic (exact) mass is 130 g/mol. The summed E-state index contributed by atoms with van der Waals surface area (Å²) in [5.41, 5.74) is 0. The molecule has 2 radical (unpaired) electrons. The van der Waals surface area contributed by atoms with Crippen molar-refractivity contribution in [3.05, 3.63) is 0 Å². The summed E-state index contributed by atoms with van der Waals surface area (Å²) in [5.74, 6) is 0. The van der Waals surface area contributed by atoms with Gasteiger partial charge in [0.25, 0.3) is 0 Å². The van der Waals surface area contributed by atoms with E-state index >= 15 is 0 Å². The van der Waals surface area contributed by atoms with E-state index in [4.69, 9.17) is 10.0 Å². The Morgan fingerprint density at radius 3 is 1.44 bits per heavy atom. The third kappa shape index (κ3) is 31.9. The van der Waals surface area contributed by atoms with Gasteiger partial charge in [-0.15, -0.1) is 0 Å². The third-order valence-corrected chi connectivity index (χ3v) is 0.622. The maximum absolute atomic E-state index is 7.53. The van der Waals surface area contributed by atoms with Gasteiger partial charge < -0.3 is 14.6 Å². The van der Waals surface area contributed by atoms with Crippen molar-refractivity contribution in [2.75, 3.05) is 0 Å². The zero-order valence-corrected chi connectivity index (χ0v) is 5.87. The first-order chi connectivity index (χ1) is 4.33. The average molecular weight is 130 g/mol. The topological polar surface area (TPSA) is 49.7 Å². The van der Waals surface area contributed by atoms with E-state index in [9.17, 15) is 0 Å². The van der Waals surface area contributed by atoms with Crippen molar-refractivity contribution in [2.24, 2.45) is 0 Å². The van der Waals surface area contributed by atoms with Crippen molar-refractivity contribution >= 4 is 15.4 Å². The molecule has 0 aliphatic carbocycles. The first-order valence-electron chi connectivity index (χ1n) is 2.90. The van der Waals surface area contributed by atoms with E-state index in [1.807, 2.05) is 0 Å². The molecule has 0 spiro atoms. The van der Waals surface area contributed by atoms with Crippen molar-refractivity contribution in [3.63, 3.8) is 0 Å².